The number of aromatic nitrogens is 1. The molecule has 5 rings (SSSR count). The molecule has 0 radical (unpaired) electrons. The summed E-state index contributed by atoms with van der Waals surface area (Å²) in [5, 5.41) is 13.9. The van der Waals surface area contributed by atoms with Crippen LogP contribution in [0.25, 0.3) is 0 Å². The van der Waals surface area contributed by atoms with Crippen LogP contribution in [0.1, 0.15) is 39.5 Å². The summed E-state index contributed by atoms with van der Waals surface area (Å²) in [5.74, 6) is 0.555. The predicted octanol–water partition coefficient (Wildman–Crippen LogP) is 7.42. The molecule has 0 fully saturated rings. The fourth-order valence-electron chi connectivity index (χ4n) is 4.41. The second kappa shape index (κ2) is 11.7. The molecule has 1 aliphatic carbocycles. The fourth-order valence-corrected chi connectivity index (χ4v) is 6.62. The Bertz CT molecular complexity index is 1490. The first-order valence-corrected chi connectivity index (χ1v) is 14.1. The van der Waals surface area contributed by atoms with Crippen LogP contribution < -0.4 is 5.32 Å². The first-order valence-electron chi connectivity index (χ1n) is 11.9. The molecule has 0 saturated carbocycles. The second-order valence-corrected chi connectivity index (χ2v) is 11.2. The van der Waals surface area contributed by atoms with Crippen molar-refractivity contribution in [1.29, 1.82) is 5.26 Å². The maximum Gasteiger partial charge on any atom is 0.235 e. The third-order valence-corrected chi connectivity index (χ3v) is 8.71. The lowest BCUT2D eigenvalue weighted by Gasteiger charge is -2.22. The van der Waals surface area contributed by atoms with Gasteiger partial charge in [-0.25, -0.2) is 4.98 Å². The number of carbonyl (C=O) groups is 1. The van der Waals surface area contributed by atoms with Crippen LogP contribution in [0.3, 0.4) is 0 Å². The first kappa shape index (κ1) is 25.2. The van der Waals surface area contributed by atoms with Crippen LogP contribution in [-0.4, -0.2) is 22.9 Å². The van der Waals surface area contributed by atoms with Gasteiger partial charge in [-0.3, -0.25) is 9.79 Å². The van der Waals surface area contributed by atoms with Crippen molar-refractivity contribution in [2.75, 3.05) is 11.1 Å². The Labute approximate surface area is 229 Å². The lowest BCUT2D eigenvalue weighted by molar-refractivity contribution is -0.113. The molecular weight excluding hydrogens is 520 g/mol. The number of thioether (sulfide) groups is 1. The molecule has 5 nitrogen and oxygen atoms in total. The zero-order valence-corrected chi connectivity index (χ0v) is 22.2. The van der Waals surface area contributed by atoms with E-state index in [9.17, 15) is 10.1 Å². The number of rotatable bonds is 7. The minimum atomic E-state index is -0.129. The molecule has 1 atom stereocenters. The topological polar surface area (TPSA) is 78.1 Å². The molecule has 1 aliphatic rings. The molecule has 2 heterocycles. The van der Waals surface area contributed by atoms with Gasteiger partial charge in [0.2, 0.25) is 5.91 Å². The smallest absolute Gasteiger partial charge is 0.235 e. The number of nitriles is 1. The monoisotopic (exact) mass is 542 g/mol. The number of thiophene rings is 1. The third-order valence-electron chi connectivity index (χ3n) is 6.23. The Hall–Kier alpha value is -3.44. The Morgan fingerprint density at radius 1 is 1.22 bits per heavy atom. The number of hydrogen-bond acceptors (Lipinski definition) is 6. The first-order chi connectivity index (χ1) is 18.1. The molecule has 0 spiro atoms. The van der Waals surface area contributed by atoms with E-state index < -0.39 is 0 Å². The molecule has 184 valence electrons. The molecule has 2 aromatic heterocycles. The quantitative estimate of drug-likeness (QED) is 0.150. The Kier molecular flexibility index (Phi) is 8.00. The van der Waals surface area contributed by atoms with Gasteiger partial charge in [0.1, 0.15) is 16.2 Å². The highest BCUT2D eigenvalue weighted by Crippen LogP contribution is 2.42. The van der Waals surface area contributed by atoms with Gasteiger partial charge >= 0.3 is 0 Å². The van der Waals surface area contributed by atoms with Crippen molar-refractivity contribution in [3.63, 3.8) is 0 Å². The Morgan fingerprint density at radius 3 is 2.89 bits per heavy atom. The van der Waals surface area contributed by atoms with Crippen LogP contribution in [0, 0.1) is 11.3 Å². The highest BCUT2D eigenvalue weighted by Gasteiger charge is 2.27. The van der Waals surface area contributed by atoms with Gasteiger partial charge in [0, 0.05) is 27.7 Å². The Balaban J connectivity index is 1.22. The molecule has 0 saturated heterocycles. The van der Waals surface area contributed by atoms with Crippen molar-refractivity contribution in [2.24, 2.45) is 4.99 Å². The van der Waals surface area contributed by atoms with Crippen molar-refractivity contribution >= 4 is 57.5 Å². The molecule has 1 N–H and O–H groups in total. The van der Waals surface area contributed by atoms with E-state index in [1.54, 1.807) is 23.7 Å². The van der Waals surface area contributed by atoms with Gasteiger partial charge < -0.3 is 5.32 Å². The van der Waals surface area contributed by atoms with Crippen LogP contribution in [0.2, 0.25) is 5.15 Å². The van der Waals surface area contributed by atoms with Gasteiger partial charge in [-0.1, -0.05) is 48.0 Å². The van der Waals surface area contributed by atoms with Gasteiger partial charge in [-0.05, 0) is 66.6 Å². The molecule has 0 bridgehead atoms. The predicted molar refractivity (Wildman–Crippen MR) is 153 cm³/mol. The number of aliphatic imine (C=N–C) groups is 1. The number of nitrogens with one attached hydrogen (secondary N) is 1. The summed E-state index contributed by atoms with van der Waals surface area (Å²) in [4.78, 5) is 23.5. The van der Waals surface area contributed by atoms with Crippen LogP contribution in [0.4, 0.5) is 10.7 Å². The Morgan fingerprint density at radius 2 is 2.08 bits per heavy atom. The van der Waals surface area contributed by atoms with Crippen LogP contribution in [0.15, 0.2) is 82.8 Å². The van der Waals surface area contributed by atoms with Crippen molar-refractivity contribution in [3.8, 4) is 6.07 Å². The van der Waals surface area contributed by atoms with Gasteiger partial charge in [0.15, 0.2) is 0 Å². The number of fused-ring (bicyclic) bond motifs is 1. The van der Waals surface area contributed by atoms with Gasteiger partial charge in [0.25, 0.3) is 0 Å². The molecule has 37 heavy (non-hydrogen) atoms. The lowest BCUT2D eigenvalue weighted by atomic mass is 9.83. The molecular formula is C29H23ClN4OS2. The lowest BCUT2D eigenvalue weighted by Crippen LogP contribution is -2.14. The maximum atomic E-state index is 12.8. The summed E-state index contributed by atoms with van der Waals surface area (Å²) in [6.07, 6.45) is 6.08. The zero-order chi connectivity index (χ0) is 25.6. The van der Waals surface area contributed by atoms with Crippen molar-refractivity contribution in [3.05, 3.63) is 105 Å². The summed E-state index contributed by atoms with van der Waals surface area (Å²) in [6.45, 7) is 0. The van der Waals surface area contributed by atoms with E-state index >= 15 is 0 Å². The number of hydrogen-bond donors (Lipinski definition) is 1. The van der Waals surface area contributed by atoms with Crippen LogP contribution in [0.5, 0.6) is 0 Å². The van der Waals surface area contributed by atoms with Crippen LogP contribution >= 0.6 is 34.7 Å². The highest BCUT2D eigenvalue weighted by molar-refractivity contribution is 8.00. The number of halogens is 1. The number of nitrogens with zero attached hydrogens (tertiary/aromatic N) is 3. The third kappa shape index (κ3) is 6.11. The minimum absolute atomic E-state index is 0.129. The molecule has 1 amide bonds. The van der Waals surface area contributed by atoms with Gasteiger partial charge in [0.05, 0.1) is 17.0 Å². The second-order valence-electron chi connectivity index (χ2n) is 8.65. The normalized spacial score (nSPS) is 14.8. The number of benzene rings is 2. The molecule has 2 aromatic carbocycles. The van der Waals surface area contributed by atoms with E-state index in [4.69, 9.17) is 11.6 Å². The van der Waals surface area contributed by atoms with E-state index in [0.717, 1.165) is 41.0 Å². The standard InChI is InChI=1S/C29H23ClN4OS2/c30-28-21(8-5-13-32-28)17-33-22-9-4-10-23(15-22)36-18-27(35)34-29-25(16-31)24-12-11-20(14-26(24)37-29)19-6-2-1-3-7-19/h1-10,13,15,17,20H,11-12,14,18H2,(H,34,35)/t20-/m1/s1. The number of pyridine rings is 1. The largest absolute Gasteiger partial charge is 0.316 e. The average molecular weight is 543 g/mol. The van der Waals surface area contributed by atoms with Crippen molar-refractivity contribution in [1.82, 2.24) is 4.98 Å². The van der Waals surface area contributed by atoms with E-state index in [-0.39, 0.29) is 11.7 Å². The highest BCUT2D eigenvalue weighted by atomic mass is 35.5. The van der Waals surface area contributed by atoms with E-state index in [1.807, 2.05) is 42.5 Å². The zero-order valence-electron chi connectivity index (χ0n) is 19.9. The SMILES string of the molecule is N#Cc1c(NC(=O)CSc2cccc(N=Cc3cccnc3Cl)c2)sc2c1CC[C@@H](c1ccccc1)C2. The number of anilines is 1. The summed E-state index contributed by atoms with van der Waals surface area (Å²) in [5.41, 5.74) is 4.55. The van der Waals surface area contributed by atoms with Gasteiger partial charge in [-0.2, -0.15) is 5.26 Å². The molecule has 0 aliphatic heterocycles. The summed E-state index contributed by atoms with van der Waals surface area (Å²) in [7, 11) is 0. The minimum Gasteiger partial charge on any atom is -0.316 e. The fraction of sp³-hybridized carbons (Fsp3) is 0.172. The van der Waals surface area contributed by atoms with E-state index in [2.05, 4.69) is 45.6 Å². The summed E-state index contributed by atoms with van der Waals surface area (Å²) in [6, 6.07) is 24.2. The number of amides is 1. The summed E-state index contributed by atoms with van der Waals surface area (Å²) >= 11 is 9.07. The molecule has 0 unspecified atom stereocenters. The van der Waals surface area contributed by atoms with Crippen LogP contribution in [-0.2, 0) is 17.6 Å². The molecule has 8 heteroatoms. The number of carbonyl (C=O) groups excluding carboxylic acids is 1. The van der Waals surface area contributed by atoms with E-state index in [1.165, 1.54) is 22.2 Å². The van der Waals surface area contributed by atoms with Gasteiger partial charge in [-0.15, -0.1) is 23.1 Å². The summed E-state index contributed by atoms with van der Waals surface area (Å²) < 4.78 is 0. The van der Waals surface area contributed by atoms with Crippen molar-refractivity contribution < 1.29 is 4.79 Å². The molecule has 4 aromatic rings. The maximum absolute atomic E-state index is 12.8. The average Bonchev–Trinajstić information content (AvgIpc) is 3.28. The van der Waals surface area contributed by atoms with E-state index in [0.29, 0.717) is 21.6 Å². The van der Waals surface area contributed by atoms with Crippen molar-refractivity contribution in [2.45, 2.75) is 30.1 Å².